The molecule has 24 heavy (non-hydrogen) atoms. The van der Waals surface area contributed by atoms with Crippen molar-refractivity contribution in [3.63, 3.8) is 0 Å². The summed E-state index contributed by atoms with van der Waals surface area (Å²) < 4.78 is 5.93. The van der Waals surface area contributed by atoms with Crippen molar-refractivity contribution >= 4 is 0 Å². The molecule has 1 atom stereocenters. The highest BCUT2D eigenvalue weighted by Crippen LogP contribution is 2.28. The zero-order valence-corrected chi connectivity index (χ0v) is 14.9. The third-order valence-corrected chi connectivity index (χ3v) is 4.95. The zero-order valence-electron chi connectivity index (χ0n) is 14.9. The first-order chi connectivity index (χ1) is 11.6. The Balaban J connectivity index is 1.70. The van der Waals surface area contributed by atoms with Crippen LogP contribution >= 0.6 is 0 Å². The van der Waals surface area contributed by atoms with Crippen LogP contribution in [0.15, 0.2) is 60.7 Å². The van der Waals surface area contributed by atoms with E-state index in [-0.39, 0.29) is 5.60 Å². The number of benzene rings is 2. The number of hydrogen-bond acceptors (Lipinski definition) is 2. The monoisotopic (exact) mass is 323 g/mol. The third-order valence-electron chi connectivity index (χ3n) is 4.95. The predicted octanol–water partition coefficient (Wildman–Crippen LogP) is 4.69. The molecular formula is C22H29NO. The average Bonchev–Trinajstić information content (AvgIpc) is 2.59. The summed E-state index contributed by atoms with van der Waals surface area (Å²) in [6, 6.07) is 22.3. The Bertz CT molecular complexity index is 608. The van der Waals surface area contributed by atoms with Gasteiger partial charge in [-0.15, -0.1) is 0 Å². The molecule has 0 saturated carbocycles. The fourth-order valence-electron chi connectivity index (χ4n) is 3.64. The van der Waals surface area contributed by atoms with E-state index in [0.717, 1.165) is 39.0 Å². The number of ether oxygens (including phenoxy) is 1. The predicted molar refractivity (Wildman–Crippen MR) is 100 cm³/mol. The Morgan fingerprint density at radius 1 is 0.958 bits per heavy atom. The van der Waals surface area contributed by atoms with E-state index < -0.39 is 0 Å². The van der Waals surface area contributed by atoms with Gasteiger partial charge in [-0.1, -0.05) is 60.7 Å². The topological polar surface area (TPSA) is 12.5 Å². The molecule has 0 aromatic heterocycles. The van der Waals surface area contributed by atoms with Crippen LogP contribution in [0.25, 0.3) is 0 Å². The first-order valence-corrected chi connectivity index (χ1v) is 9.08. The van der Waals surface area contributed by atoms with Crippen molar-refractivity contribution in [1.82, 2.24) is 4.90 Å². The second-order valence-electron chi connectivity index (χ2n) is 7.45. The number of hydrogen-bond donors (Lipinski definition) is 0. The lowest BCUT2D eigenvalue weighted by Gasteiger charge is -2.41. The normalized spacial score (nSPS) is 20.2. The molecule has 2 nitrogen and oxygen atoms in total. The fourth-order valence-corrected chi connectivity index (χ4v) is 3.64. The van der Waals surface area contributed by atoms with Crippen LogP contribution < -0.4 is 0 Å². The van der Waals surface area contributed by atoms with Crippen molar-refractivity contribution < 1.29 is 4.74 Å². The van der Waals surface area contributed by atoms with Crippen molar-refractivity contribution in [1.29, 1.82) is 0 Å². The van der Waals surface area contributed by atoms with Crippen molar-refractivity contribution in [3.8, 4) is 0 Å². The highest BCUT2D eigenvalue weighted by Gasteiger charge is 2.32. The lowest BCUT2D eigenvalue weighted by molar-refractivity contribution is -0.0844. The van der Waals surface area contributed by atoms with Crippen LogP contribution in [0.1, 0.15) is 37.8 Å². The van der Waals surface area contributed by atoms with E-state index in [1.807, 2.05) is 0 Å². The van der Waals surface area contributed by atoms with E-state index in [9.17, 15) is 0 Å². The van der Waals surface area contributed by atoms with Gasteiger partial charge in [0.25, 0.3) is 0 Å². The molecule has 1 heterocycles. The van der Waals surface area contributed by atoms with Gasteiger partial charge in [-0.3, -0.25) is 4.90 Å². The maximum Gasteiger partial charge on any atom is 0.0641 e. The maximum absolute atomic E-state index is 5.93. The summed E-state index contributed by atoms with van der Waals surface area (Å²) in [4.78, 5) is 2.66. The third kappa shape index (κ3) is 4.93. The summed E-state index contributed by atoms with van der Waals surface area (Å²) >= 11 is 0. The van der Waals surface area contributed by atoms with Gasteiger partial charge in [0, 0.05) is 25.7 Å². The minimum atomic E-state index is -0.00932. The molecule has 0 amide bonds. The van der Waals surface area contributed by atoms with Crippen LogP contribution in [-0.4, -0.2) is 29.7 Å². The van der Waals surface area contributed by atoms with Crippen molar-refractivity contribution in [2.24, 2.45) is 0 Å². The van der Waals surface area contributed by atoms with Crippen LogP contribution in [-0.2, 0) is 17.7 Å². The second kappa shape index (κ2) is 7.96. The SMILES string of the molecule is CC1(C)C[C@H](N(CCc2ccccc2)Cc2ccccc2)CCO1. The van der Waals surface area contributed by atoms with E-state index in [0.29, 0.717) is 6.04 Å². The van der Waals surface area contributed by atoms with E-state index in [1.54, 1.807) is 0 Å². The Hall–Kier alpha value is -1.64. The first-order valence-electron chi connectivity index (χ1n) is 9.08. The van der Waals surface area contributed by atoms with Crippen molar-refractivity contribution in [2.75, 3.05) is 13.2 Å². The number of nitrogens with zero attached hydrogens (tertiary/aromatic N) is 1. The molecule has 1 fully saturated rings. The standard InChI is InChI=1S/C22H29NO/c1-22(2)17-21(14-16-24-22)23(18-20-11-7-4-8-12-20)15-13-19-9-5-3-6-10-19/h3-12,21H,13-18H2,1-2H3/t21-/m1/s1. The number of rotatable bonds is 6. The molecule has 0 spiro atoms. The molecule has 1 saturated heterocycles. The first kappa shape index (κ1) is 17.2. The second-order valence-corrected chi connectivity index (χ2v) is 7.45. The molecule has 0 N–H and O–H groups in total. The van der Waals surface area contributed by atoms with Crippen LogP contribution in [0.3, 0.4) is 0 Å². The molecule has 0 radical (unpaired) electrons. The van der Waals surface area contributed by atoms with Gasteiger partial charge in [0.1, 0.15) is 0 Å². The minimum Gasteiger partial charge on any atom is -0.375 e. The summed E-state index contributed by atoms with van der Waals surface area (Å²) in [5.74, 6) is 0. The molecule has 0 bridgehead atoms. The minimum absolute atomic E-state index is 0.00932. The summed E-state index contributed by atoms with van der Waals surface area (Å²) in [5.41, 5.74) is 2.81. The fraction of sp³-hybridized carbons (Fsp3) is 0.455. The molecular weight excluding hydrogens is 294 g/mol. The molecule has 3 rings (SSSR count). The van der Waals surface area contributed by atoms with Gasteiger partial charge >= 0.3 is 0 Å². The molecule has 1 aliphatic heterocycles. The average molecular weight is 323 g/mol. The van der Waals surface area contributed by atoms with Crippen LogP contribution in [0.2, 0.25) is 0 Å². The molecule has 0 aliphatic carbocycles. The van der Waals surface area contributed by atoms with E-state index in [2.05, 4.69) is 79.4 Å². The van der Waals surface area contributed by atoms with Gasteiger partial charge in [0.05, 0.1) is 5.60 Å². The van der Waals surface area contributed by atoms with E-state index >= 15 is 0 Å². The highest BCUT2D eigenvalue weighted by molar-refractivity contribution is 5.16. The Morgan fingerprint density at radius 2 is 1.58 bits per heavy atom. The molecule has 1 aliphatic rings. The molecule has 128 valence electrons. The van der Waals surface area contributed by atoms with Gasteiger partial charge < -0.3 is 4.74 Å². The Morgan fingerprint density at radius 3 is 2.21 bits per heavy atom. The maximum atomic E-state index is 5.93. The lowest BCUT2D eigenvalue weighted by atomic mass is 9.92. The largest absolute Gasteiger partial charge is 0.375 e. The van der Waals surface area contributed by atoms with Gasteiger partial charge in [0.2, 0.25) is 0 Å². The Kier molecular flexibility index (Phi) is 5.70. The summed E-state index contributed by atoms with van der Waals surface area (Å²) in [6.45, 7) is 7.43. The smallest absolute Gasteiger partial charge is 0.0641 e. The summed E-state index contributed by atoms with van der Waals surface area (Å²) in [5, 5.41) is 0. The van der Waals surface area contributed by atoms with E-state index in [1.165, 1.54) is 11.1 Å². The van der Waals surface area contributed by atoms with Gasteiger partial charge in [-0.05, 0) is 44.2 Å². The molecule has 2 heteroatoms. The van der Waals surface area contributed by atoms with Gasteiger partial charge in [-0.2, -0.15) is 0 Å². The summed E-state index contributed by atoms with van der Waals surface area (Å²) in [6.07, 6.45) is 3.34. The summed E-state index contributed by atoms with van der Waals surface area (Å²) in [7, 11) is 0. The van der Waals surface area contributed by atoms with Gasteiger partial charge in [-0.25, -0.2) is 0 Å². The van der Waals surface area contributed by atoms with Crippen molar-refractivity contribution in [3.05, 3.63) is 71.8 Å². The zero-order chi connectivity index (χ0) is 16.8. The van der Waals surface area contributed by atoms with Gasteiger partial charge in [0.15, 0.2) is 0 Å². The van der Waals surface area contributed by atoms with Crippen LogP contribution in [0.4, 0.5) is 0 Å². The Labute approximate surface area is 146 Å². The van der Waals surface area contributed by atoms with E-state index in [4.69, 9.17) is 4.74 Å². The van der Waals surface area contributed by atoms with Crippen LogP contribution in [0.5, 0.6) is 0 Å². The molecule has 0 unspecified atom stereocenters. The van der Waals surface area contributed by atoms with Crippen molar-refractivity contribution in [2.45, 2.75) is 51.3 Å². The molecule has 2 aromatic carbocycles. The van der Waals surface area contributed by atoms with Crippen LogP contribution in [0, 0.1) is 0 Å². The quantitative estimate of drug-likeness (QED) is 0.765. The lowest BCUT2D eigenvalue weighted by Crippen LogP contribution is -2.46. The highest BCUT2D eigenvalue weighted by atomic mass is 16.5. The molecule has 2 aromatic rings.